The first kappa shape index (κ1) is 21.3. The highest BCUT2D eigenvalue weighted by Gasteiger charge is 2.21. The molecule has 0 saturated carbocycles. The van der Waals surface area contributed by atoms with Gasteiger partial charge in [0.1, 0.15) is 0 Å². The van der Waals surface area contributed by atoms with E-state index in [1.807, 2.05) is 0 Å². The minimum absolute atomic E-state index is 0.0145. The lowest BCUT2D eigenvalue weighted by Crippen LogP contribution is -2.24. The molecule has 0 fully saturated rings. The van der Waals surface area contributed by atoms with Gasteiger partial charge in [0.25, 0.3) is 0 Å². The van der Waals surface area contributed by atoms with Crippen molar-refractivity contribution in [3.63, 3.8) is 0 Å². The Balaban J connectivity index is 1.64. The Morgan fingerprint density at radius 2 is 1.55 bits per heavy atom. The molecule has 5 heteroatoms. The summed E-state index contributed by atoms with van der Waals surface area (Å²) >= 11 is 1.71. The third kappa shape index (κ3) is 5.58. The highest BCUT2D eigenvalue weighted by Crippen LogP contribution is 2.29. The number of thioether (sulfide) groups is 1. The summed E-state index contributed by atoms with van der Waals surface area (Å²) in [5.74, 6) is -1.13. The van der Waals surface area contributed by atoms with Gasteiger partial charge >= 0.3 is 0 Å². The van der Waals surface area contributed by atoms with Crippen molar-refractivity contribution in [2.24, 2.45) is 0 Å². The first-order valence-electron chi connectivity index (χ1n) is 9.32. The zero-order chi connectivity index (χ0) is 20.9. The molecule has 0 unspecified atom stereocenters. The van der Waals surface area contributed by atoms with Gasteiger partial charge in [0, 0.05) is 10.3 Å². The molecular weight excluding hydrogens is 390 g/mol. The van der Waals surface area contributed by atoms with Gasteiger partial charge in [-0.15, -0.1) is 11.8 Å². The van der Waals surface area contributed by atoms with E-state index in [1.54, 1.807) is 36.0 Å². The summed E-state index contributed by atoms with van der Waals surface area (Å²) in [7, 11) is 0. The van der Waals surface area contributed by atoms with Crippen molar-refractivity contribution < 1.29 is 18.3 Å². The molecule has 0 aliphatic carbocycles. The predicted octanol–water partition coefficient (Wildman–Crippen LogP) is 6.97. The summed E-state index contributed by atoms with van der Waals surface area (Å²) in [4.78, 5) is 1.22. The molecule has 0 atom stereocenters. The van der Waals surface area contributed by atoms with E-state index in [-0.39, 0.29) is 16.9 Å². The molecule has 0 N–H and O–H groups in total. The zero-order valence-electron chi connectivity index (χ0n) is 16.7. The van der Waals surface area contributed by atoms with Crippen LogP contribution in [-0.2, 0) is 16.8 Å². The summed E-state index contributed by atoms with van der Waals surface area (Å²) in [6, 6.07) is 18.9. The van der Waals surface area contributed by atoms with Gasteiger partial charge in [-0.2, -0.15) is 0 Å². The van der Waals surface area contributed by atoms with E-state index in [9.17, 15) is 8.78 Å². The number of rotatable bonds is 8. The van der Waals surface area contributed by atoms with E-state index in [1.165, 1.54) is 28.7 Å². The molecule has 29 heavy (non-hydrogen) atoms. The maximum atomic E-state index is 14.1. The number of benzene rings is 3. The lowest BCUT2D eigenvalue weighted by Gasteiger charge is -2.25. The van der Waals surface area contributed by atoms with Gasteiger partial charge in [-0.25, -0.2) is 8.78 Å². The molecule has 0 bridgehead atoms. The quantitative estimate of drug-likeness (QED) is 0.371. The Labute approximate surface area is 174 Å². The molecule has 152 valence electrons. The number of hydrogen-bond donors (Lipinski definition) is 0. The highest BCUT2D eigenvalue weighted by atomic mass is 32.2. The Morgan fingerprint density at radius 1 is 0.862 bits per heavy atom. The van der Waals surface area contributed by atoms with Crippen molar-refractivity contribution in [3.8, 4) is 11.5 Å². The summed E-state index contributed by atoms with van der Waals surface area (Å²) in [6.45, 7) is 5.06. The predicted molar refractivity (Wildman–Crippen MR) is 114 cm³/mol. The molecule has 0 amide bonds. The summed E-state index contributed by atoms with van der Waals surface area (Å²) in [5.41, 5.74) is 1.79. The molecule has 0 radical (unpaired) electrons. The largest absolute Gasteiger partial charge is 0.451 e. The molecule has 3 rings (SSSR count). The standard InChI is InChI=1S/C24H24F2O2S/c1-24(2,18-9-11-19(29-3)12-10-18)16-27-15-17-8-13-21(26)23(14-17)28-22-7-5-4-6-20(22)25/h4-14H,15-16H2,1-3H3. The fourth-order valence-electron chi connectivity index (χ4n) is 2.91. The second-order valence-corrected chi connectivity index (χ2v) is 8.28. The van der Waals surface area contributed by atoms with Gasteiger partial charge in [0.2, 0.25) is 0 Å². The van der Waals surface area contributed by atoms with Crippen LogP contribution in [0.2, 0.25) is 0 Å². The van der Waals surface area contributed by atoms with Crippen LogP contribution in [0.1, 0.15) is 25.0 Å². The second-order valence-electron chi connectivity index (χ2n) is 7.40. The van der Waals surface area contributed by atoms with E-state index in [0.29, 0.717) is 13.2 Å². The molecule has 0 aromatic heterocycles. The number of para-hydroxylation sites is 1. The van der Waals surface area contributed by atoms with E-state index in [0.717, 1.165) is 5.56 Å². The van der Waals surface area contributed by atoms with Crippen molar-refractivity contribution in [1.82, 2.24) is 0 Å². The molecule has 2 nitrogen and oxygen atoms in total. The molecular formula is C24H24F2O2S. The fraction of sp³-hybridized carbons (Fsp3) is 0.250. The summed E-state index contributed by atoms with van der Waals surface area (Å²) in [6.07, 6.45) is 2.05. The van der Waals surface area contributed by atoms with E-state index in [4.69, 9.17) is 9.47 Å². The number of halogens is 2. The molecule has 0 aliphatic heterocycles. The highest BCUT2D eigenvalue weighted by molar-refractivity contribution is 7.98. The number of ether oxygens (including phenoxy) is 2. The zero-order valence-corrected chi connectivity index (χ0v) is 17.6. The third-order valence-corrected chi connectivity index (χ3v) is 5.40. The van der Waals surface area contributed by atoms with Crippen LogP contribution in [0.15, 0.2) is 71.6 Å². The van der Waals surface area contributed by atoms with Crippen molar-refractivity contribution in [1.29, 1.82) is 0 Å². The lowest BCUT2D eigenvalue weighted by atomic mass is 9.86. The van der Waals surface area contributed by atoms with Crippen LogP contribution in [0.5, 0.6) is 11.5 Å². The molecule has 0 aliphatic rings. The third-order valence-electron chi connectivity index (χ3n) is 4.66. The monoisotopic (exact) mass is 414 g/mol. The van der Waals surface area contributed by atoms with Crippen LogP contribution in [-0.4, -0.2) is 12.9 Å². The average Bonchev–Trinajstić information content (AvgIpc) is 2.72. The normalized spacial score (nSPS) is 11.5. The number of hydrogen-bond acceptors (Lipinski definition) is 3. The van der Waals surface area contributed by atoms with Crippen molar-refractivity contribution >= 4 is 11.8 Å². The maximum absolute atomic E-state index is 14.1. The minimum atomic E-state index is -0.550. The smallest absolute Gasteiger partial charge is 0.165 e. The molecule has 0 spiro atoms. The van der Waals surface area contributed by atoms with E-state index in [2.05, 4.69) is 44.4 Å². The Morgan fingerprint density at radius 3 is 2.24 bits per heavy atom. The van der Waals surface area contributed by atoms with Gasteiger partial charge in [0.05, 0.1) is 13.2 Å². The van der Waals surface area contributed by atoms with Gasteiger partial charge in [-0.3, -0.25) is 0 Å². The van der Waals surface area contributed by atoms with E-state index >= 15 is 0 Å². The van der Waals surface area contributed by atoms with Gasteiger partial charge in [-0.1, -0.05) is 44.2 Å². The second kappa shape index (κ2) is 9.42. The first-order chi connectivity index (χ1) is 13.9. The van der Waals surface area contributed by atoms with Gasteiger partial charge in [0.15, 0.2) is 23.1 Å². The first-order valence-corrected chi connectivity index (χ1v) is 10.5. The Kier molecular flexibility index (Phi) is 6.93. The topological polar surface area (TPSA) is 18.5 Å². The molecule has 0 saturated heterocycles. The van der Waals surface area contributed by atoms with Crippen LogP contribution in [0.4, 0.5) is 8.78 Å². The lowest BCUT2D eigenvalue weighted by molar-refractivity contribution is 0.0823. The van der Waals surface area contributed by atoms with Crippen LogP contribution >= 0.6 is 11.8 Å². The van der Waals surface area contributed by atoms with Gasteiger partial charge < -0.3 is 9.47 Å². The van der Waals surface area contributed by atoms with E-state index < -0.39 is 11.6 Å². The van der Waals surface area contributed by atoms with Crippen LogP contribution < -0.4 is 4.74 Å². The SMILES string of the molecule is CSc1ccc(C(C)(C)COCc2ccc(F)c(Oc3ccccc3F)c2)cc1. The van der Waals surface area contributed by atoms with Crippen molar-refractivity contribution in [2.75, 3.05) is 12.9 Å². The van der Waals surface area contributed by atoms with Crippen LogP contribution in [0, 0.1) is 11.6 Å². The summed E-state index contributed by atoms with van der Waals surface area (Å²) < 4.78 is 39.2. The molecule has 3 aromatic rings. The fourth-order valence-corrected chi connectivity index (χ4v) is 3.32. The van der Waals surface area contributed by atoms with Crippen LogP contribution in [0.25, 0.3) is 0 Å². The van der Waals surface area contributed by atoms with Crippen LogP contribution in [0.3, 0.4) is 0 Å². The van der Waals surface area contributed by atoms with Crippen molar-refractivity contribution in [3.05, 3.63) is 89.5 Å². The Bertz CT molecular complexity index is 955. The summed E-state index contributed by atoms with van der Waals surface area (Å²) in [5, 5.41) is 0. The maximum Gasteiger partial charge on any atom is 0.165 e. The molecule has 0 heterocycles. The van der Waals surface area contributed by atoms with Gasteiger partial charge in [-0.05, 0) is 53.8 Å². The minimum Gasteiger partial charge on any atom is -0.451 e. The average molecular weight is 415 g/mol. The molecule has 3 aromatic carbocycles. The van der Waals surface area contributed by atoms with Crippen molar-refractivity contribution in [2.45, 2.75) is 30.8 Å². The Hall–Kier alpha value is -2.37.